The topological polar surface area (TPSA) is 46.2 Å². The fourth-order valence-electron chi connectivity index (χ4n) is 3.90. The Bertz CT molecular complexity index is 1330. The predicted octanol–water partition coefficient (Wildman–Crippen LogP) is 8.19. The molecule has 0 saturated heterocycles. The summed E-state index contributed by atoms with van der Waals surface area (Å²) in [6, 6.07) is 3.14. The molecule has 2 aromatic rings. The summed E-state index contributed by atoms with van der Waals surface area (Å²) in [6.45, 7) is -1.71. The minimum absolute atomic E-state index is 0.0656. The third-order valence-electron chi connectivity index (χ3n) is 6.15. The molecule has 15 heteroatoms. The third kappa shape index (κ3) is 7.52. The van der Waals surface area contributed by atoms with Crippen LogP contribution < -0.4 is 5.32 Å². The first-order chi connectivity index (χ1) is 18.2. The summed E-state index contributed by atoms with van der Waals surface area (Å²) in [7, 11) is 0. The van der Waals surface area contributed by atoms with Crippen molar-refractivity contribution in [3.8, 4) is 0 Å². The van der Waals surface area contributed by atoms with E-state index in [2.05, 4.69) is 0 Å². The van der Waals surface area contributed by atoms with Crippen molar-refractivity contribution in [2.24, 2.45) is 5.41 Å². The Kier molecular flexibility index (Phi) is 8.64. The minimum Gasteiger partial charge on any atom is -0.346 e. The lowest BCUT2D eigenvalue weighted by atomic mass is 9.90. The van der Waals surface area contributed by atoms with Gasteiger partial charge in [-0.15, -0.1) is 0 Å². The Morgan fingerprint density at radius 2 is 1.60 bits per heavy atom. The smallest absolute Gasteiger partial charge is 0.346 e. The minimum atomic E-state index is -5.31. The van der Waals surface area contributed by atoms with Gasteiger partial charge in [-0.05, 0) is 42.7 Å². The summed E-state index contributed by atoms with van der Waals surface area (Å²) in [6.07, 6.45) is -16.3. The maximum absolute atomic E-state index is 14.9. The Morgan fingerprint density at radius 3 is 2.10 bits per heavy atom. The van der Waals surface area contributed by atoms with Gasteiger partial charge in [-0.3, -0.25) is 9.59 Å². The van der Waals surface area contributed by atoms with Gasteiger partial charge in [0.2, 0.25) is 5.91 Å². The van der Waals surface area contributed by atoms with Gasteiger partial charge in [0.05, 0.1) is 16.0 Å². The zero-order valence-corrected chi connectivity index (χ0v) is 20.6. The van der Waals surface area contributed by atoms with E-state index in [0.29, 0.717) is 18.2 Å². The molecular weight excluding hydrogens is 591 g/mol. The molecule has 1 amide bonds. The van der Waals surface area contributed by atoms with E-state index in [1.165, 1.54) is 0 Å². The number of Topliss-reactive ketones (excluding diaryl/α,β-unsaturated/α-hetero) is 1. The first-order valence-corrected chi connectivity index (χ1v) is 11.6. The SMILES string of the molecule is O=C(CC1(C(=O)NCC(F)(F)F)CC1)c1ccc(/C(F)=C/C(c2ccc(Cl)c(F)c2)C(F)(F)F)cc1C(F)(F)F. The third-order valence-corrected chi connectivity index (χ3v) is 6.46. The van der Waals surface area contributed by atoms with Crippen molar-refractivity contribution in [1.29, 1.82) is 0 Å². The summed E-state index contributed by atoms with van der Waals surface area (Å²) in [5.41, 5.74) is -6.21. The van der Waals surface area contributed by atoms with Crippen LogP contribution >= 0.6 is 11.6 Å². The van der Waals surface area contributed by atoms with Crippen molar-refractivity contribution in [2.45, 2.75) is 43.7 Å². The molecule has 2 aromatic carbocycles. The number of carbonyl (C=O) groups excluding carboxylic acids is 2. The summed E-state index contributed by atoms with van der Waals surface area (Å²) < 4.78 is 148. The summed E-state index contributed by atoms with van der Waals surface area (Å²) in [4.78, 5) is 24.8. The van der Waals surface area contributed by atoms with Crippen LogP contribution in [0.5, 0.6) is 0 Å². The molecule has 0 heterocycles. The molecule has 1 unspecified atom stereocenters. The molecular formula is C25H17ClF11NO2. The molecule has 1 N–H and O–H groups in total. The number of hydrogen-bond donors (Lipinski definition) is 1. The molecule has 218 valence electrons. The molecule has 1 fully saturated rings. The number of hydrogen-bond acceptors (Lipinski definition) is 2. The quantitative estimate of drug-likeness (QED) is 0.243. The van der Waals surface area contributed by atoms with E-state index in [9.17, 15) is 57.9 Å². The highest BCUT2D eigenvalue weighted by Crippen LogP contribution is 2.50. The van der Waals surface area contributed by atoms with Gasteiger partial charge in [0.25, 0.3) is 0 Å². The molecule has 0 bridgehead atoms. The second-order valence-corrected chi connectivity index (χ2v) is 9.55. The van der Waals surface area contributed by atoms with Crippen molar-refractivity contribution < 1.29 is 57.9 Å². The van der Waals surface area contributed by atoms with Crippen LogP contribution in [0.4, 0.5) is 48.3 Å². The lowest BCUT2D eigenvalue weighted by Gasteiger charge is -2.19. The highest BCUT2D eigenvalue weighted by atomic mass is 35.5. The largest absolute Gasteiger partial charge is 0.417 e. The van der Waals surface area contributed by atoms with Crippen LogP contribution in [0, 0.1) is 11.2 Å². The van der Waals surface area contributed by atoms with Gasteiger partial charge in [0.1, 0.15) is 24.1 Å². The Hall–Kier alpha value is -3.16. The number of halogens is 12. The lowest BCUT2D eigenvalue weighted by Crippen LogP contribution is -2.39. The molecule has 1 aliphatic carbocycles. The van der Waals surface area contributed by atoms with Crippen molar-refractivity contribution in [3.05, 3.63) is 75.6 Å². The number of allylic oxidation sites excluding steroid dienone is 1. The standard InChI is InChI=1S/C25H17ClF11NO2/c26-17-4-2-12(8-19(17)28)15(24(32,33)34)9-18(27)13-1-3-14(16(7-13)25(35,36)37)20(39)10-22(5-6-22)21(40)38-11-23(29,30)31/h1-4,7-9,15H,5-6,10-11H2,(H,38,40)/b18-9-. The van der Waals surface area contributed by atoms with Gasteiger partial charge in [-0.1, -0.05) is 29.8 Å². The highest BCUT2D eigenvalue weighted by Gasteiger charge is 2.52. The number of rotatable bonds is 8. The summed E-state index contributed by atoms with van der Waals surface area (Å²) >= 11 is 5.45. The van der Waals surface area contributed by atoms with Crippen LogP contribution in [0.1, 0.15) is 52.2 Å². The molecule has 0 aromatic heterocycles. The fourth-order valence-corrected chi connectivity index (χ4v) is 4.02. The van der Waals surface area contributed by atoms with Gasteiger partial charge < -0.3 is 5.32 Å². The molecule has 0 spiro atoms. The Labute approximate surface area is 224 Å². The zero-order chi connectivity index (χ0) is 30.3. The monoisotopic (exact) mass is 607 g/mol. The van der Waals surface area contributed by atoms with Crippen LogP contribution in [0.3, 0.4) is 0 Å². The average Bonchev–Trinajstić information content (AvgIpc) is 3.61. The molecule has 1 aliphatic rings. The number of carbonyl (C=O) groups is 2. The number of benzene rings is 2. The van der Waals surface area contributed by atoms with Crippen LogP contribution in [-0.4, -0.2) is 30.6 Å². The second kappa shape index (κ2) is 11.0. The molecule has 1 atom stereocenters. The van der Waals surface area contributed by atoms with Crippen LogP contribution in [-0.2, 0) is 11.0 Å². The fraction of sp³-hybridized carbons (Fsp3) is 0.360. The number of alkyl halides is 9. The summed E-state index contributed by atoms with van der Waals surface area (Å²) in [5, 5.41) is 1.06. The van der Waals surface area contributed by atoms with Gasteiger partial charge >= 0.3 is 18.5 Å². The normalized spacial score (nSPS) is 16.4. The van der Waals surface area contributed by atoms with Crippen molar-refractivity contribution in [1.82, 2.24) is 5.32 Å². The molecule has 1 saturated carbocycles. The molecule has 3 rings (SSSR count). The van der Waals surface area contributed by atoms with E-state index < -0.39 is 93.4 Å². The van der Waals surface area contributed by atoms with Crippen LogP contribution in [0.15, 0.2) is 42.5 Å². The summed E-state index contributed by atoms with van der Waals surface area (Å²) in [5.74, 6) is -8.25. The number of nitrogens with one attached hydrogen (secondary N) is 1. The van der Waals surface area contributed by atoms with E-state index in [0.717, 1.165) is 12.1 Å². The van der Waals surface area contributed by atoms with Crippen LogP contribution in [0.25, 0.3) is 5.83 Å². The molecule has 0 aliphatic heterocycles. The van der Waals surface area contributed by atoms with E-state index >= 15 is 0 Å². The van der Waals surface area contributed by atoms with Crippen LogP contribution in [0.2, 0.25) is 5.02 Å². The first kappa shape index (κ1) is 31.4. The maximum atomic E-state index is 14.9. The second-order valence-electron chi connectivity index (χ2n) is 9.14. The molecule has 40 heavy (non-hydrogen) atoms. The average molecular weight is 608 g/mol. The van der Waals surface area contributed by atoms with Gasteiger partial charge in [-0.25, -0.2) is 8.78 Å². The van der Waals surface area contributed by atoms with Gasteiger partial charge in [0.15, 0.2) is 5.78 Å². The highest BCUT2D eigenvalue weighted by molar-refractivity contribution is 6.30. The number of ketones is 1. The number of amides is 1. The predicted molar refractivity (Wildman–Crippen MR) is 120 cm³/mol. The van der Waals surface area contributed by atoms with E-state index in [1.54, 1.807) is 5.32 Å². The maximum Gasteiger partial charge on any atom is 0.417 e. The van der Waals surface area contributed by atoms with Gasteiger partial charge in [-0.2, -0.15) is 39.5 Å². The molecule has 3 nitrogen and oxygen atoms in total. The Balaban J connectivity index is 1.94. The van der Waals surface area contributed by atoms with Crippen molar-refractivity contribution in [3.63, 3.8) is 0 Å². The van der Waals surface area contributed by atoms with E-state index in [1.807, 2.05) is 0 Å². The Morgan fingerprint density at radius 1 is 0.975 bits per heavy atom. The van der Waals surface area contributed by atoms with Crippen molar-refractivity contribution >= 4 is 29.1 Å². The lowest BCUT2D eigenvalue weighted by molar-refractivity contribution is -0.141. The molecule has 0 radical (unpaired) electrons. The van der Waals surface area contributed by atoms with E-state index in [4.69, 9.17) is 11.6 Å². The zero-order valence-electron chi connectivity index (χ0n) is 19.8. The first-order valence-electron chi connectivity index (χ1n) is 11.2. The van der Waals surface area contributed by atoms with Gasteiger partial charge in [0, 0.05) is 17.5 Å². The van der Waals surface area contributed by atoms with E-state index in [-0.39, 0.29) is 25.0 Å². The van der Waals surface area contributed by atoms with Crippen molar-refractivity contribution in [2.75, 3.05) is 6.54 Å².